The molecule has 1 amide bonds. The van der Waals surface area contributed by atoms with E-state index in [9.17, 15) is 4.79 Å². The number of anilines is 1. The van der Waals surface area contributed by atoms with Gasteiger partial charge in [-0.3, -0.25) is 4.79 Å². The van der Waals surface area contributed by atoms with Gasteiger partial charge >= 0.3 is 0 Å². The van der Waals surface area contributed by atoms with Crippen LogP contribution in [0.3, 0.4) is 0 Å². The van der Waals surface area contributed by atoms with Gasteiger partial charge in [0.05, 0.1) is 18.1 Å². The number of aromatic nitrogens is 2. The molecule has 8 heteroatoms. The van der Waals surface area contributed by atoms with Crippen LogP contribution in [-0.4, -0.2) is 38.3 Å². The summed E-state index contributed by atoms with van der Waals surface area (Å²) in [5, 5.41) is 12.0. The fourth-order valence-corrected chi connectivity index (χ4v) is 4.37. The molecule has 6 nitrogen and oxygen atoms in total. The molecule has 0 spiro atoms. The number of nitrogens with zero attached hydrogens (tertiary/aromatic N) is 3. The number of furan rings is 1. The van der Waals surface area contributed by atoms with E-state index in [2.05, 4.69) is 15.5 Å². The number of hydrogen-bond donors (Lipinski definition) is 1. The number of nitrogens with one attached hydrogen (secondary N) is 1. The Labute approximate surface area is 151 Å². The van der Waals surface area contributed by atoms with Gasteiger partial charge in [-0.25, -0.2) is 0 Å². The molecule has 2 heterocycles. The molecule has 24 heavy (non-hydrogen) atoms. The average molecular weight is 369 g/mol. The molecule has 1 N–H and O–H groups in total. The number of rotatable bonds is 8. The monoisotopic (exact) mass is 368 g/mol. The third-order valence-electron chi connectivity index (χ3n) is 3.39. The molecule has 2 rings (SSSR count). The van der Waals surface area contributed by atoms with Crippen molar-refractivity contribution in [3.63, 3.8) is 0 Å². The Hall–Kier alpha value is -1.54. The zero-order valence-electron chi connectivity index (χ0n) is 14.6. The summed E-state index contributed by atoms with van der Waals surface area (Å²) in [5.74, 6) is 0.970. The summed E-state index contributed by atoms with van der Waals surface area (Å²) in [5.41, 5.74) is 0. The van der Waals surface area contributed by atoms with Crippen LogP contribution in [0.15, 0.2) is 27.2 Å². The van der Waals surface area contributed by atoms with E-state index in [1.807, 2.05) is 51.7 Å². The summed E-state index contributed by atoms with van der Waals surface area (Å²) >= 11 is 2.90. The minimum atomic E-state index is -0.194. The van der Waals surface area contributed by atoms with Crippen LogP contribution in [0.25, 0.3) is 0 Å². The van der Waals surface area contributed by atoms with Gasteiger partial charge < -0.3 is 14.6 Å². The fraction of sp³-hybridized carbons (Fsp3) is 0.562. The van der Waals surface area contributed by atoms with Crippen LogP contribution in [0.2, 0.25) is 0 Å². The number of carbonyl (C=O) groups excluding carboxylic acids is 1. The van der Waals surface area contributed by atoms with Crippen molar-refractivity contribution in [2.24, 2.45) is 0 Å². The van der Waals surface area contributed by atoms with E-state index in [-0.39, 0.29) is 23.2 Å². The first-order valence-corrected chi connectivity index (χ1v) is 9.66. The Bertz CT molecular complexity index is 632. The van der Waals surface area contributed by atoms with E-state index in [1.54, 1.807) is 6.26 Å². The predicted octanol–water partition coefficient (Wildman–Crippen LogP) is 3.87. The Morgan fingerprint density at radius 2 is 2.00 bits per heavy atom. The highest BCUT2D eigenvalue weighted by Gasteiger charge is 2.26. The molecule has 1 atom stereocenters. The molecule has 0 aliphatic rings. The summed E-state index contributed by atoms with van der Waals surface area (Å²) in [6.07, 6.45) is 1.64. The number of hydrogen-bond acceptors (Lipinski definition) is 7. The van der Waals surface area contributed by atoms with E-state index in [1.165, 1.54) is 23.1 Å². The van der Waals surface area contributed by atoms with Crippen molar-refractivity contribution in [1.29, 1.82) is 0 Å². The third kappa shape index (κ3) is 4.98. The zero-order valence-corrected chi connectivity index (χ0v) is 16.3. The minimum absolute atomic E-state index is 0.130. The number of thioether (sulfide) groups is 1. The molecule has 2 aromatic rings. The number of amides is 1. The van der Waals surface area contributed by atoms with E-state index in [0.29, 0.717) is 6.54 Å². The summed E-state index contributed by atoms with van der Waals surface area (Å²) < 4.78 is 6.05. The molecule has 0 aliphatic carbocycles. The zero-order chi connectivity index (χ0) is 17.7. The second-order valence-corrected chi connectivity index (χ2v) is 8.56. The Morgan fingerprint density at radius 3 is 2.58 bits per heavy atom. The molecule has 0 radical (unpaired) electrons. The minimum Gasteiger partial charge on any atom is -0.467 e. The van der Waals surface area contributed by atoms with Crippen molar-refractivity contribution in [2.45, 2.75) is 62.8 Å². The quantitative estimate of drug-likeness (QED) is 0.713. The fourth-order valence-electron chi connectivity index (χ4n) is 2.42. The Balaban J connectivity index is 1.92. The predicted molar refractivity (Wildman–Crippen MR) is 98.4 cm³/mol. The van der Waals surface area contributed by atoms with Crippen LogP contribution in [0.4, 0.5) is 5.13 Å². The molecular weight excluding hydrogens is 344 g/mol. The molecule has 2 aromatic heterocycles. The maximum absolute atomic E-state index is 12.7. The first kappa shape index (κ1) is 18.8. The van der Waals surface area contributed by atoms with Crippen molar-refractivity contribution >= 4 is 34.1 Å². The van der Waals surface area contributed by atoms with Crippen molar-refractivity contribution in [3.8, 4) is 0 Å². The standard InChI is InChI=1S/C16H24N4O2S2/c1-10(2)20(11(3)4)14(21)12(5)23-16-19-18-15(24-16)17-9-13-7-6-8-22-13/h6-8,10-12H,9H2,1-5H3,(H,17,18). The molecule has 0 fully saturated rings. The van der Waals surface area contributed by atoms with Gasteiger partial charge in [0.2, 0.25) is 11.0 Å². The first-order chi connectivity index (χ1) is 11.4. The smallest absolute Gasteiger partial charge is 0.236 e. The molecule has 0 aliphatic heterocycles. The van der Waals surface area contributed by atoms with Crippen LogP contribution in [-0.2, 0) is 11.3 Å². The van der Waals surface area contributed by atoms with Gasteiger partial charge in [0.25, 0.3) is 0 Å². The normalized spacial score (nSPS) is 12.6. The lowest BCUT2D eigenvalue weighted by molar-refractivity contribution is -0.133. The summed E-state index contributed by atoms with van der Waals surface area (Å²) in [6, 6.07) is 4.11. The van der Waals surface area contributed by atoms with Crippen LogP contribution in [0.1, 0.15) is 40.4 Å². The van der Waals surface area contributed by atoms with Gasteiger partial charge in [-0.1, -0.05) is 23.1 Å². The van der Waals surface area contributed by atoms with Gasteiger partial charge in [-0.2, -0.15) is 0 Å². The van der Waals surface area contributed by atoms with Gasteiger partial charge in [0.1, 0.15) is 5.76 Å². The molecule has 0 aromatic carbocycles. The highest BCUT2D eigenvalue weighted by molar-refractivity contribution is 8.02. The lowest BCUT2D eigenvalue weighted by atomic mass is 10.2. The molecule has 0 saturated heterocycles. The maximum atomic E-state index is 12.7. The lowest BCUT2D eigenvalue weighted by Crippen LogP contribution is -2.45. The van der Waals surface area contributed by atoms with Gasteiger partial charge in [-0.15, -0.1) is 10.2 Å². The van der Waals surface area contributed by atoms with Crippen LogP contribution in [0.5, 0.6) is 0 Å². The highest BCUT2D eigenvalue weighted by Crippen LogP contribution is 2.30. The van der Waals surface area contributed by atoms with E-state index >= 15 is 0 Å². The second-order valence-electron chi connectivity index (χ2n) is 6.00. The summed E-state index contributed by atoms with van der Waals surface area (Å²) in [6.45, 7) is 10.6. The summed E-state index contributed by atoms with van der Waals surface area (Å²) in [7, 11) is 0. The molecule has 1 unspecified atom stereocenters. The van der Waals surface area contributed by atoms with Crippen molar-refractivity contribution in [2.75, 3.05) is 5.32 Å². The molecular formula is C16H24N4O2S2. The molecule has 0 bridgehead atoms. The van der Waals surface area contributed by atoms with Gasteiger partial charge in [-0.05, 0) is 46.8 Å². The van der Waals surface area contributed by atoms with Crippen LogP contribution >= 0.6 is 23.1 Å². The second kappa shape index (κ2) is 8.53. The van der Waals surface area contributed by atoms with Gasteiger partial charge in [0.15, 0.2) is 4.34 Å². The SMILES string of the molecule is CC(Sc1nnc(NCc2ccco2)s1)C(=O)N(C(C)C)C(C)C. The van der Waals surface area contributed by atoms with Crippen molar-refractivity contribution < 1.29 is 9.21 Å². The van der Waals surface area contributed by atoms with Crippen molar-refractivity contribution in [1.82, 2.24) is 15.1 Å². The van der Waals surface area contributed by atoms with E-state index < -0.39 is 0 Å². The van der Waals surface area contributed by atoms with Crippen LogP contribution < -0.4 is 5.32 Å². The lowest BCUT2D eigenvalue weighted by Gasteiger charge is -2.32. The Kier molecular flexibility index (Phi) is 6.68. The maximum Gasteiger partial charge on any atom is 0.236 e. The Morgan fingerprint density at radius 1 is 1.29 bits per heavy atom. The summed E-state index contributed by atoms with van der Waals surface area (Å²) in [4.78, 5) is 14.6. The topological polar surface area (TPSA) is 71.3 Å². The third-order valence-corrected chi connectivity index (χ3v) is 5.45. The highest BCUT2D eigenvalue weighted by atomic mass is 32.2. The molecule has 132 valence electrons. The van der Waals surface area contributed by atoms with E-state index in [4.69, 9.17) is 4.42 Å². The average Bonchev–Trinajstić information content (AvgIpc) is 3.15. The van der Waals surface area contributed by atoms with Crippen molar-refractivity contribution in [3.05, 3.63) is 24.2 Å². The molecule has 0 saturated carbocycles. The van der Waals surface area contributed by atoms with Gasteiger partial charge in [0, 0.05) is 12.1 Å². The number of carbonyl (C=O) groups is 1. The largest absolute Gasteiger partial charge is 0.467 e. The van der Waals surface area contributed by atoms with Crippen LogP contribution in [0, 0.1) is 0 Å². The first-order valence-electron chi connectivity index (χ1n) is 7.97. The van der Waals surface area contributed by atoms with E-state index in [0.717, 1.165) is 15.2 Å².